The summed E-state index contributed by atoms with van der Waals surface area (Å²) in [6.45, 7) is -0.242. The SMILES string of the molecule is O=C(COC(=O)Cc1ccc(Br)cc1)N[C@H]1CCCc2ccccc21. The summed E-state index contributed by atoms with van der Waals surface area (Å²) in [4.78, 5) is 24.0. The van der Waals surface area contributed by atoms with Crippen LogP contribution in [0, 0.1) is 0 Å². The molecule has 0 unspecified atom stereocenters. The third-order valence-corrected chi connectivity index (χ3v) is 4.86. The smallest absolute Gasteiger partial charge is 0.310 e. The number of esters is 1. The van der Waals surface area contributed by atoms with Gasteiger partial charge in [-0.2, -0.15) is 0 Å². The van der Waals surface area contributed by atoms with E-state index in [4.69, 9.17) is 4.74 Å². The molecule has 0 radical (unpaired) electrons. The van der Waals surface area contributed by atoms with E-state index in [1.165, 1.54) is 11.1 Å². The second kappa shape index (κ2) is 8.30. The second-order valence-electron chi connectivity index (χ2n) is 6.18. The largest absolute Gasteiger partial charge is 0.455 e. The van der Waals surface area contributed by atoms with Crippen LogP contribution in [0.2, 0.25) is 0 Å². The third-order valence-electron chi connectivity index (χ3n) is 4.33. The quantitative estimate of drug-likeness (QED) is 0.776. The Morgan fingerprint density at radius 1 is 1.12 bits per heavy atom. The Kier molecular flexibility index (Phi) is 5.87. The highest BCUT2D eigenvalue weighted by Crippen LogP contribution is 2.29. The maximum Gasteiger partial charge on any atom is 0.310 e. The van der Waals surface area contributed by atoms with E-state index in [1.807, 2.05) is 36.4 Å². The van der Waals surface area contributed by atoms with Gasteiger partial charge < -0.3 is 10.1 Å². The van der Waals surface area contributed by atoms with Crippen molar-refractivity contribution >= 4 is 27.8 Å². The van der Waals surface area contributed by atoms with Gasteiger partial charge in [0, 0.05) is 4.47 Å². The molecule has 0 fully saturated rings. The molecule has 0 saturated heterocycles. The van der Waals surface area contributed by atoms with Crippen LogP contribution in [0.1, 0.15) is 35.6 Å². The van der Waals surface area contributed by atoms with Crippen LogP contribution in [0.25, 0.3) is 0 Å². The van der Waals surface area contributed by atoms with Gasteiger partial charge in [-0.1, -0.05) is 52.3 Å². The van der Waals surface area contributed by atoms with E-state index in [0.29, 0.717) is 0 Å². The minimum absolute atomic E-state index is 0.00243. The first-order valence-corrected chi connectivity index (χ1v) is 9.18. The molecule has 0 saturated carbocycles. The molecule has 3 rings (SSSR count). The van der Waals surface area contributed by atoms with E-state index < -0.39 is 5.97 Å². The minimum Gasteiger partial charge on any atom is -0.455 e. The van der Waals surface area contributed by atoms with E-state index in [2.05, 4.69) is 33.4 Å². The van der Waals surface area contributed by atoms with Gasteiger partial charge in [0.05, 0.1) is 12.5 Å². The van der Waals surface area contributed by atoms with Crippen LogP contribution in [-0.4, -0.2) is 18.5 Å². The Morgan fingerprint density at radius 2 is 1.88 bits per heavy atom. The lowest BCUT2D eigenvalue weighted by atomic mass is 9.88. The lowest BCUT2D eigenvalue weighted by Gasteiger charge is -2.26. The molecule has 1 aliphatic rings. The van der Waals surface area contributed by atoms with Gasteiger partial charge in [0.25, 0.3) is 5.91 Å². The molecule has 1 amide bonds. The van der Waals surface area contributed by atoms with Gasteiger partial charge in [-0.3, -0.25) is 9.59 Å². The zero-order chi connectivity index (χ0) is 17.6. The summed E-state index contributed by atoms with van der Waals surface area (Å²) in [6.07, 6.45) is 3.17. The van der Waals surface area contributed by atoms with Crippen molar-refractivity contribution in [3.63, 3.8) is 0 Å². The monoisotopic (exact) mass is 401 g/mol. The Labute approximate surface area is 155 Å². The lowest BCUT2D eigenvalue weighted by molar-refractivity contribution is -0.148. The molecule has 0 aromatic heterocycles. The molecular formula is C20H20BrNO3. The molecule has 25 heavy (non-hydrogen) atoms. The zero-order valence-corrected chi connectivity index (χ0v) is 15.4. The van der Waals surface area contributed by atoms with Crippen LogP contribution in [0.3, 0.4) is 0 Å². The first-order chi connectivity index (χ1) is 12.1. The molecular weight excluding hydrogens is 382 g/mol. The van der Waals surface area contributed by atoms with E-state index in [-0.39, 0.29) is 25.0 Å². The van der Waals surface area contributed by atoms with E-state index in [9.17, 15) is 9.59 Å². The number of ether oxygens (including phenoxy) is 1. The number of carbonyl (C=O) groups excluding carboxylic acids is 2. The predicted molar refractivity (Wildman–Crippen MR) is 99.1 cm³/mol. The molecule has 1 N–H and O–H groups in total. The number of fused-ring (bicyclic) bond motifs is 1. The van der Waals surface area contributed by atoms with Gasteiger partial charge in [0.2, 0.25) is 0 Å². The summed E-state index contributed by atoms with van der Waals surface area (Å²) in [5.41, 5.74) is 3.31. The number of hydrogen-bond acceptors (Lipinski definition) is 3. The van der Waals surface area contributed by atoms with Crippen molar-refractivity contribution in [3.8, 4) is 0 Å². The van der Waals surface area contributed by atoms with Crippen LogP contribution in [0.5, 0.6) is 0 Å². The molecule has 1 atom stereocenters. The van der Waals surface area contributed by atoms with Gasteiger partial charge in [0.1, 0.15) is 0 Å². The molecule has 2 aromatic carbocycles. The molecule has 0 bridgehead atoms. The summed E-state index contributed by atoms with van der Waals surface area (Å²) >= 11 is 3.35. The molecule has 130 valence electrons. The van der Waals surface area contributed by atoms with Crippen molar-refractivity contribution < 1.29 is 14.3 Å². The van der Waals surface area contributed by atoms with Crippen molar-refractivity contribution in [3.05, 3.63) is 69.7 Å². The summed E-state index contributed by atoms with van der Waals surface area (Å²) in [5, 5.41) is 2.98. The average molecular weight is 402 g/mol. The van der Waals surface area contributed by atoms with Crippen LogP contribution >= 0.6 is 15.9 Å². The lowest BCUT2D eigenvalue weighted by Crippen LogP contribution is -2.34. The molecule has 0 spiro atoms. The Balaban J connectivity index is 1.48. The van der Waals surface area contributed by atoms with Crippen LogP contribution in [0.4, 0.5) is 0 Å². The number of halogens is 1. The highest BCUT2D eigenvalue weighted by atomic mass is 79.9. The van der Waals surface area contributed by atoms with E-state index >= 15 is 0 Å². The maximum atomic E-state index is 12.1. The molecule has 0 aliphatic heterocycles. The highest BCUT2D eigenvalue weighted by molar-refractivity contribution is 9.10. The molecule has 0 heterocycles. The Hall–Kier alpha value is -2.14. The topological polar surface area (TPSA) is 55.4 Å². The third kappa shape index (κ3) is 4.92. The van der Waals surface area contributed by atoms with E-state index in [1.54, 1.807) is 0 Å². The molecule has 5 heteroatoms. The number of amides is 1. The molecule has 2 aromatic rings. The fraction of sp³-hybridized carbons (Fsp3) is 0.300. The van der Waals surface area contributed by atoms with Gasteiger partial charge in [-0.25, -0.2) is 0 Å². The van der Waals surface area contributed by atoms with E-state index in [0.717, 1.165) is 29.3 Å². The van der Waals surface area contributed by atoms with Crippen LogP contribution < -0.4 is 5.32 Å². The predicted octanol–water partition coefficient (Wildman–Crippen LogP) is 3.73. The number of aryl methyl sites for hydroxylation is 1. The van der Waals surface area contributed by atoms with Gasteiger partial charge in [-0.05, 0) is 48.1 Å². The van der Waals surface area contributed by atoms with Crippen LogP contribution in [-0.2, 0) is 27.2 Å². The highest BCUT2D eigenvalue weighted by Gasteiger charge is 2.21. The fourth-order valence-electron chi connectivity index (χ4n) is 3.11. The minimum atomic E-state index is -0.401. The normalized spacial score (nSPS) is 16.0. The van der Waals surface area contributed by atoms with Gasteiger partial charge in [-0.15, -0.1) is 0 Å². The Bertz CT molecular complexity index is 758. The first kappa shape index (κ1) is 17.7. The van der Waals surface area contributed by atoms with Gasteiger partial charge in [0.15, 0.2) is 6.61 Å². The summed E-state index contributed by atoms with van der Waals surface area (Å²) in [6, 6.07) is 15.6. The number of hydrogen-bond donors (Lipinski definition) is 1. The van der Waals surface area contributed by atoms with Crippen molar-refractivity contribution in [2.24, 2.45) is 0 Å². The van der Waals surface area contributed by atoms with Crippen molar-refractivity contribution in [1.82, 2.24) is 5.32 Å². The maximum absolute atomic E-state index is 12.1. The number of rotatable bonds is 5. The summed E-state index contributed by atoms with van der Waals surface area (Å²) in [7, 11) is 0. The fourth-order valence-corrected chi connectivity index (χ4v) is 3.37. The average Bonchev–Trinajstić information content (AvgIpc) is 2.62. The number of carbonyl (C=O) groups is 2. The van der Waals surface area contributed by atoms with Crippen molar-refractivity contribution in [1.29, 1.82) is 0 Å². The standard InChI is InChI=1S/C20H20BrNO3/c21-16-10-8-14(9-11-16)12-20(24)25-13-19(23)22-18-7-3-5-15-4-1-2-6-17(15)18/h1-2,4,6,8-11,18H,3,5,7,12-13H2,(H,22,23)/t18-/m0/s1. The Morgan fingerprint density at radius 3 is 2.68 bits per heavy atom. The molecule has 4 nitrogen and oxygen atoms in total. The summed E-state index contributed by atoms with van der Waals surface area (Å²) in [5.74, 6) is -0.660. The summed E-state index contributed by atoms with van der Waals surface area (Å²) < 4.78 is 6.06. The van der Waals surface area contributed by atoms with Gasteiger partial charge >= 0.3 is 5.97 Å². The number of nitrogens with one attached hydrogen (secondary N) is 1. The van der Waals surface area contributed by atoms with Crippen LogP contribution in [0.15, 0.2) is 53.0 Å². The second-order valence-corrected chi connectivity index (χ2v) is 7.09. The van der Waals surface area contributed by atoms with Crippen molar-refractivity contribution in [2.45, 2.75) is 31.7 Å². The zero-order valence-electron chi connectivity index (χ0n) is 13.8. The number of benzene rings is 2. The van der Waals surface area contributed by atoms with Crippen molar-refractivity contribution in [2.75, 3.05) is 6.61 Å². The first-order valence-electron chi connectivity index (χ1n) is 8.39. The molecule has 1 aliphatic carbocycles.